The molecule has 9 aromatic carbocycles. The van der Waals surface area contributed by atoms with Gasteiger partial charge in [-0.25, -0.2) is 30.7 Å². The first kappa shape index (κ1) is 83.2. The van der Waals surface area contributed by atoms with Gasteiger partial charge in [-0.1, -0.05) is 165 Å². The minimum absolute atomic E-state index is 0.0571. The predicted molar refractivity (Wildman–Crippen MR) is 452 cm³/mol. The molecule has 112 heavy (non-hydrogen) atoms. The number of hydrogen-bond donors (Lipinski definition) is 0. The highest BCUT2D eigenvalue weighted by Crippen LogP contribution is 2.49. The summed E-state index contributed by atoms with van der Waals surface area (Å²) in [6, 6.07) is 30.9. The molecule has 7 saturated carbocycles. The Morgan fingerprint density at radius 1 is 0.295 bits per heavy atom. The van der Waals surface area contributed by atoms with Crippen molar-refractivity contribution in [1.29, 1.82) is 0 Å². The second-order valence-corrected chi connectivity index (χ2v) is 37.4. The van der Waals surface area contributed by atoms with Crippen LogP contribution in [0.3, 0.4) is 0 Å². The van der Waals surface area contributed by atoms with E-state index in [0.717, 1.165) is 158 Å². The van der Waals surface area contributed by atoms with Crippen molar-refractivity contribution in [2.75, 3.05) is 6.61 Å². The average Bonchev–Trinajstić information content (AvgIpc) is 0.769. The monoisotopic (exact) mass is 1530 g/mol. The molecule has 0 aliphatic heterocycles. The molecule has 7 fully saturated rings. The van der Waals surface area contributed by atoms with Gasteiger partial charge in [0.15, 0.2) is 46.5 Å². The minimum atomic E-state index is -0.851. The molecule has 0 spiro atoms. The number of aryl methyl sites for hydroxylation is 9. The lowest BCUT2D eigenvalue weighted by molar-refractivity contribution is 0.124. The Bertz CT molecular complexity index is 4560. The Balaban J connectivity index is 0.000000131. The number of halogens is 8. The molecule has 0 amide bonds. The van der Waals surface area contributed by atoms with Gasteiger partial charge in [0.2, 0.25) is 5.82 Å². The van der Waals surface area contributed by atoms with Gasteiger partial charge in [0.25, 0.3) is 0 Å². The second kappa shape index (κ2) is 37.0. The van der Waals surface area contributed by atoms with Crippen molar-refractivity contribution in [2.45, 2.75) is 288 Å². The van der Waals surface area contributed by atoms with Crippen LogP contribution in [0.1, 0.15) is 287 Å². The van der Waals surface area contributed by atoms with Gasteiger partial charge in [0.1, 0.15) is 0 Å². The summed E-state index contributed by atoms with van der Waals surface area (Å²) in [6.07, 6.45) is 37.8. The zero-order valence-electron chi connectivity index (χ0n) is 69.7. The molecule has 1 nitrogen and oxygen atoms in total. The van der Waals surface area contributed by atoms with E-state index in [2.05, 4.69) is 39.8 Å². The van der Waals surface area contributed by atoms with E-state index in [1.54, 1.807) is 12.1 Å². The van der Waals surface area contributed by atoms with Gasteiger partial charge < -0.3 is 4.74 Å². The molecule has 16 rings (SSSR count). The Morgan fingerprint density at radius 3 is 1.05 bits per heavy atom. The normalized spacial score (nSPS) is 26.4. The zero-order chi connectivity index (χ0) is 79.3. The first-order valence-electron chi connectivity index (χ1n) is 44.0. The Kier molecular flexibility index (Phi) is 27.5. The maximum Gasteiger partial charge on any atom is 0.201 e. The topological polar surface area (TPSA) is 9.23 Å². The highest BCUT2D eigenvalue weighted by Gasteiger charge is 2.36. The van der Waals surface area contributed by atoms with Crippen LogP contribution in [0.15, 0.2) is 97.1 Å². The van der Waals surface area contributed by atoms with E-state index < -0.39 is 46.5 Å². The molecule has 9 heteroatoms. The first-order valence-corrected chi connectivity index (χ1v) is 44.0. The van der Waals surface area contributed by atoms with Crippen LogP contribution >= 0.6 is 0 Å². The van der Waals surface area contributed by atoms with E-state index in [4.69, 9.17) is 4.74 Å². The summed E-state index contributed by atoms with van der Waals surface area (Å²) >= 11 is 0. The molecule has 0 bridgehead atoms. The third-order valence-corrected chi connectivity index (χ3v) is 30.1. The fourth-order valence-corrected chi connectivity index (χ4v) is 21.7. The van der Waals surface area contributed by atoms with Crippen LogP contribution in [-0.4, -0.2) is 6.61 Å². The van der Waals surface area contributed by atoms with Gasteiger partial charge in [0, 0.05) is 27.1 Å². The highest BCUT2D eigenvalue weighted by molar-refractivity contribution is 5.92. The van der Waals surface area contributed by atoms with Crippen LogP contribution in [0.25, 0.3) is 54.2 Å². The number of rotatable bonds is 12. The lowest BCUT2D eigenvalue weighted by atomic mass is 9.68. The summed E-state index contributed by atoms with van der Waals surface area (Å²) in [7, 11) is 0. The molecule has 9 aromatic rings. The van der Waals surface area contributed by atoms with Gasteiger partial charge in [-0.2, -0.15) is 4.39 Å². The molecule has 0 atom stereocenters. The molecular weight excluding hydrogens is 1410 g/mol. The largest absolute Gasteiger partial charge is 0.490 e. The molecule has 7 aliphatic rings. The van der Waals surface area contributed by atoms with Crippen LogP contribution in [0.5, 0.6) is 5.75 Å². The summed E-state index contributed by atoms with van der Waals surface area (Å²) in [4.78, 5) is 0. The van der Waals surface area contributed by atoms with Crippen molar-refractivity contribution in [2.24, 2.45) is 71.0 Å². The molecule has 0 heterocycles. The summed E-state index contributed by atoms with van der Waals surface area (Å²) in [5.41, 5.74) is 10.8. The van der Waals surface area contributed by atoms with Crippen LogP contribution in [0.2, 0.25) is 0 Å². The Hall–Kier alpha value is -6.74. The summed E-state index contributed by atoms with van der Waals surface area (Å²) in [6.45, 7) is 25.1. The van der Waals surface area contributed by atoms with E-state index >= 15 is 0 Å². The maximum atomic E-state index is 14.9. The Morgan fingerprint density at radius 2 is 0.625 bits per heavy atom. The molecule has 0 aromatic heterocycles. The number of hydrogen-bond acceptors (Lipinski definition) is 1. The van der Waals surface area contributed by atoms with Gasteiger partial charge in [-0.05, 0) is 379 Å². The van der Waals surface area contributed by atoms with E-state index in [-0.39, 0.29) is 11.7 Å². The average molecular weight is 1530 g/mol. The summed E-state index contributed by atoms with van der Waals surface area (Å²) in [5, 5.41) is 4.80. The molecule has 0 radical (unpaired) electrons. The van der Waals surface area contributed by atoms with Crippen LogP contribution in [-0.2, 0) is 6.42 Å². The smallest absolute Gasteiger partial charge is 0.201 e. The standard InChI is InChI=1S/C27H36F2.C26H34F2O.C25H32F2.C25H26F2/c1-17-4-10-21(11-5-17)22-13-7-20(8-14-22)9-15-24-16-23-12-6-18(2)19(3)25(23)27(29)26(24)28;1-16-4-9-20(10-5-16)21-12-7-19(8-13-21)15-29-23-14-22-11-6-17(2)18(3)24(22)26(28)25(23)27;2*1-15-4-7-18(8-5-15)19-10-12-20(13-11-19)22-14-21-9-6-16(2)17(3)23(21)25(27)24(22)26/h6,12,16-17,20-22H,4-5,7-11,13-15H2,1-3H3;6,11,14,16,19-21H,4-5,7-10,12-13,15H2,1-3H3;6,9,14-15,18-20H,4-5,7-8,10-13H2,1-3H3;6,9-15,18H,4-5,7-8H2,1-3H3. The lowest BCUT2D eigenvalue weighted by Crippen LogP contribution is -2.27. The van der Waals surface area contributed by atoms with Crippen molar-refractivity contribution >= 4 is 43.1 Å². The van der Waals surface area contributed by atoms with Gasteiger partial charge in [0.05, 0.1) is 6.61 Å². The lowest BCUT2D eigenvalue weighted by Gasteiger charge is -2.37. The maximum absolute atomic E-state index is 14.9. The molecular formula is C103H128F8O. The SMILES string of the molecule is Cc1ccc2cc(-c3ccc(C4CCC(C)CC4)cc3)c(F)c(F)c2c1C.Cc1ccc2cc(C3CCC(C4CCC(C)CC4)CC3)c(F)c(F)c2c1C.Cc1ccc2cc(CCC3CCC(C4CCC(C)CC4)CC3)c(F)c(F)c2c1C.Cc1ccc2cc(OCC3CCC(C4CCC(C)CC4)CC3)c(F)c(F)c2c1C. The van der Waals surface area contributed by atoms with Gasteiger partial charge in [-0.15, -0.1) is 0 Å². The number of fused-ring (bicyclic) bond motifs is 4. The zero-order valence-corrected chi connectivity index (χ0v) is 69.7. The van der Waals surface area contributed by atoms with Crippen LogP contribution in [0, 0.1) is 173 Å². The highest BCUT2D eigenvalue weighted by atomic mass is 19.2. The number of ether oxygens (including phenoxy) is 1. The molecule has 7 aliphatic carbocycles. The first-order chi connectivity index (χ1) is 53.8. The van der Waals surface area contributed by atoms with E-state index in [0.29, 0.717) is 74.4 Å². The van der Waals surface area contributed by atoms with Crippen molar-refractivity contribution in [3.63, 3.8) is 0 Å². The summed E-state index contributed by atoms with van der Waals surface area (Å²) < 4.78 is 124. The van der Waals surface area contributed by atoms with E-state index in [1.165, 1.54) is 160 Å². The van der Waals surface area contributed by atoms with Crippen molar-refractivity contribution in [3.8, 4) is 16.9 Å². The van der Waals surface area contributed by atoms with Crippen LogP contribution < -0.4 is 4.74 Å². The predicted octanol–water partition coefficient (Wildman–Crippen LogP) is 31.6. The molecule has 0 unspecified atom stereocenters. The third-order valence-electron chi connectivity index (χ3n) is 30.1. The van der Waals surface area contributed by atoms with Crippen molar-refractivity contribution in [3.05, 3.63) is 205 Å². The fraction of sp³-hybridized carbons (Fsp3) is 0.553. The number of benzene rings is 9. The molecule has 602 valence electrons. The second-order valence-electron chi connectivity index (χ2n) is 37.4. The third kappa shape index (κ3) is 18.9. The van der Waals surface area contributed by atoms with Crippen LogP contribution in [0.4, 0.5) is 35.1 Å². The molecule has 0 saturated heterocycles. The van der Waals surface area contributed by atoms with Crippen molar-refractivity contribution in [1.82, 2.24) is 0 Å². The fourth-order valence-electron chi connectivity index (χ4n) is 21.7. The van der Waals surface area contributed by atoms with Gasteiger partial charge in [-0.3, -0.25) is 0 Å². The Labute approximate surface area is 666 Å². The van der Waals surface area contributed by atoms with E-state index in [1.807, 2.05) is 128 Å². The van der Waals surface area contributed by atoms with E-state index in [9.17, 15) is 35.1 Å². The van der Waals surface area contributed by atoms with Gasteiger partial charge >= 0.3 is 0 Å². The minimum Gasteiger partial charge on any atom is -0.490 e. The molecule has 0 N–H and O–H groups in total. The van der Waals surface area contributed by atoms with Crippen molar-refractivity contribution < 1.29 is 39.9 Å². The quantitative estimate of drug-likeness (QED) is 0.111. The summed E-state index contributed by atoms with van der Waals surface area (Å²) in [5.74, 6) is 5.12.